The van der Waals surface area contributed by atoms with Crippen molar-refractivity contribution in [2.45, 2.75) is 32.2 Å². The highest BCUT2D eigenvalue weighted by atomic mass is 32.2. The number of esters is 1. The smallest absolute Gasteiger partial charge is 0.322 e. The third-order valence-corrected chi connectivity index (χ3v) is 3.93. The fourth-order valence-electron chi connectivity index (χ4n) is 1.07. The average Bonchev–Trinajstić information content (AvgIpc) is 2.22. The van der Waals surface area contributed by atoms with Crippen LogP contribution in [0.4, 0.5) is 0 Å². The van der Waals surface area contributed by atoms with E-state index in [0.717, 1.165) is 12.8 Å². The summed E-state index contributed by atoms with van der Waals surface area (Å²) in [6.07, 6.45) is 1.94. The van der Waals surface area contributed by atoms with Gasteiger partial charge >= 0.3 is 5.97 Å². The summed E-state index contributed by atoms with van der Waals surface area (Å²) < 4.78 is 23.6. The minimum absolute atomic E-state index is 0.170. The van der Waals surface area contributed by atoms with Gasteiger partial charge in [-0.3, -0.25) is 9.57 Å². The van der Waals surface area contributed by atoms with Gasteiger partial charge in [0, 0.05) is 21.2 Å². The van der Waals surface area contributed by atoms with Crippen LogP contribution in [0.3, 0.4) is 0 Å². The summed E-state index contributed by atoms with van der Waals surface area (Å²) in [5.41, 5.74) is 5.48. The third-order valence-electron chi connectivity index (χ3n) is 2.09. The van der Waals surface area contributed by atoms with Crippen molar-refractivity contribution in [1.29, 1.82) is 4.78 Å². The molecule has 0 saturated carbocycles. The van der Waals surface area contributed by atoms with E-state index in [-0.39, 0.29) is 12.2 Å². The maximum Gasteiger partial charge on any atom is 0.322 e. The van der Waals surface area contributed by atoms with Gasteiger partial charge in [0.25, 0.3) is 0 Å². The van der Waals surface area contributed by atoms with E-state index in [1.807, 2.05) is 6.92 Å². The number of carbonyl (C=O) groups excluding carboxylic acids is 1. The number of carbonyl (C=O) groups is 1. The molecule has 0 aromatic carbocycles. The topological polar surface area (TPSA) is 93.2 Å². The Morgan fingerprint density at radius 1 is 1.53 bits per heavy atom. The summed E-state index contributed by atoms with van der Waals surface area (Å²) >= 11 is 0. The number of nitrogens with one attached hydrogen (secondary N) is 1. The molecule has 0 aromatic heterocycles. The standard InChI is InChI=1S/C9H20N2O3S/c1-3-4-6-15(11,13)7-5-8(10)9(12)14-2/h8,11H,3-7,10H2,1-2H3/t8-,15?/m0/s1. The third kappa shape index (κ3) is 6.46. The quantitative estimate of drug-likeness (QED) is 0.637. The van der Waals surface area contributed by atoms with E-state index in [1.54, 1.807) is 0 Å². The number of ether oxygens (including phenoxy) is 1. The summed E-state index contributed by atoms with van der Waals surface area (Å²) in [4.78, 5) is 10.9. The average molecular weight is 236 g/mol. The van der Waals surface area contributed by atoms with Gasteiger partial charge in [0.1, 0.15) is 6.04 Å². The molecule has 0 spiro atoms. The SMILES string of the molecule is CCCCS(=N)(=O)CC[C@H](N)C(=O)OC. The summed E-state index contributed by atoms with van der Waals surface area (Å²) in [6.45, 7) is 1.98. The van der Waals surface area contributed by atoms with Crippen molar-refractivity contribution in [1.82, 2.24) is 0 Å². The summed E-state index contributed by atoms with van der Waals surface area (Å²) in [6, 6.07) is -0.761. The second kappa shape index (κ2) is 6.79. The van der Waals surface area contributed by atoms with Crippen LogP contribution in [0.5, 0.6) is 0 Å². The molecule has 0 aromatic rings. The minimum atomic E-state index is -2.57. The van der Waals surface area contributed by atoms with Crippen molar-refractivity contribution in [2.75, 3.05) is 18.6 Å². The van der Waals surface area contributed by atoms with Crippen LogP contribution >= 0.6 is 0 Å². The number of unbranched alkanes of at least 4 members (excludes halogenated alkanes) is 1. The first-order valence-electron chi connectivity index (χ1n) is 5.00. The molecule has 15 heavy (non-hydrogen) atoms. The Kier molecular flexibility index (Phi) is 6.51. The van der Waals surface area contributed by atoms with E-state index in [1.165, 1.54) is 7.11 Å². The van der Waals surface area contributed by atoms with Crippen LogP contribution in [0.1, 0.15) is 26.2 Å². The monoisotopic (exact) mass is 236 g/mol. The van der Waals surface area contributed by atoms with Gasteiger partial charge in [0.05, 0.1) is 7.11 Å². The Balaban J connectivity index is 3.98. The van der Waals surface area contributed by atoms with E-state index >= 15 is 0 Å². The molecule has 5 nitrogen and oxygen atoms in total. The number of hydrogen-bond acceptors (Lipinski definition) is 5. The Labute approximate surface area is 91.3 Å². The number of hydrogen-bond donors (Lipinski definition) is 2. The lowest BCUT2D eigenvalue weighted by atomic mass is 10.2. The zero-order valence-corrected chi connectivity index (χ0v) is 10.1. The van der Waals surface area contributed by atoms with Gasteiger partial charge in [-0.25, -0.2) is 4.21 Å². The summed E-state index contributed by atoms with van der Waals surface area (Å²) in [5.74, 6) is 0.0430. The van der Waals surface area contributed by atoms with Gasteiger partial charge in [-0.15, -0.1) is 0 Å². The Morgan fingerprint density at radius 2 is 2.13 bits per heavy atom. The van der Waals surface area contributed by atoms with E-state index in [0.29, 0.717) is 5.75 Å². The van der Waals surface area contributed by atoms with Gasteiger partial charge in [0.2, 0.25) is 0 Å². The molecule has 0 aliphatic rings. The number of nitrogens with two attached hydrogens (primary N) is 1. The largest absolute Gasteiger partial charge is 0.468 e. The molecule has 0 bridgehead atoms. The van der Waals surface area contributed by atoms with Crippen LogP contribution < -0.4 is 5.73 Å². The van der Waals surface area contributed by atoms with Crippen molar-refractivity contribution in [3.05, 3.63) is 0 Å². The van der Waals surface area contributed by atoms with E-state index in [2.05, 4.69) is 4.74 Å². The normalized spacial score (nSPS) is 16.7. The number of rotatable bonds is 7. The fourth-order valence-corrected chi connectivity index (χ4v) is 2.66. The highest BCUT2D eigenvalue weighted by Gasteiger charge is 2.16. The maximum atomic E-state index is 11.6. The minimum Gasteiger partial charge on any atom is -0.468 e. The van der Waals surface area contributed by atoms with Crippen molar-refractivity contribution < 1.29 is 13.7 Å². The van der Waals surface area contributed by atoms with Crippen LogP contribution in [0, 0.1) is 4.78 Å². The fraction of sp³-hybridized carbons (Fsp3) is 0.889. The molecule has 1 unspecified atom stereocenters. The predicted octanol–water partition coefficient (Wildman–Crippen LogP) is 0.724. The van der Waals surface area contributed by atoms with Gasteiger partial charge in [-0.2, -0.15) is 0 Å². The van der Waals surface area contributed by atoms with Crippen molar-refractivity contribution in [2.24, 2.45) is 5.73 Å². The van der Waals surface area contributed by atoms with Crippen LogP contribution in [-0.2, 0) is 19.3 Å². The van der Waals surface area contributed by atoms with Crippen molar-refractivity contribution in [3.8, 4) is 0 Å². The first-order valence-corrected chi connectivity index (χ1v) is 6.90. The Bertz CT molecular complexity index is 288. The predicted molar refractivity (Wildman–Crippen MR) is 60.1 cm³/mol. The van der Waals surface area contributed by atoms with Crippen LogP contribution in [-0.4, -0.2) is 34.8 Å². The molecule has 90 valence electrons. The zero-order valence-electron chi connectivity index (χ0n) is 9.32. The van der Waals surface area contributed by atoms with Crippen LogP contribution in [0.15, 0.2) is 0 Å². The lowest BCUT2D eigenvalue weighted by Crippen LogP contribution is -2.33. The second-order valence-electron chi connectivity index (χ2n) is 3.49. The van der Waals surface area contributed by atoms with E-state index < -0.39 is 21.7 Å². The molecule has 3 N–H and O–H groups in total. The highest BCUT2D eigenvalue weighted by molar-refractivity contribution is 7.92. The molecule has 6 heteroatoms. The number of methoxy groups -OCH3 is 1. The van der Waals surface area contributed by atoms with Crippen LogP contribution in [0.2, 0.25) is 0 Å². The molecule has 0 amide bonds. The molecule has 0 saturated heterocycles. The molecule has 0 radical (unpaired) electrons. The lowest BCUT2D eigenvalue weighted by molar-refractivity contribution is -0.142. The molecule has 2 atom stereocenters. The maximum absolute atomic E-state index is 11.6. The lowest BCUT2D eigenvalue weighted by Gasteiger charge is -2.10. The molecule has 0 rings (SSSR count). The van der Waals surface area contributed by atoms with Crippen LogP contribution in [0.25, 0.3) is 0 Å². The summed E-state index contributed by atoms with van der Waals surface area (Å²) in [7, 11) is -1.31. The van der Waals surface area contributed by atoms with E-state index in [4.69, 9.17) is 10.5 Å². The molecule has 0 fully saturated rings. The van der Waals surface area contributed by atoms with E-state index in [9.17, 15) is 9.00 Å². The molecular weight excluding hydrogens is 216 g/mol. The first kappa shape index (κ1) is 14.4. The molecule has 0 aliphatic heterocycles. The molecular formula is C9H20N2O3S. The Morgan fingerprint density at radius 3 is 2.60 bits per heavy atom. The van der Waals surface area contributed by atoms with Crippen molar-refractivity contribution in [3.63, 3.8) is 0 Å². The second-order valence-corrected chi connectivity index (χ2v) is 5.93. The van der Waals surface area contributed by atoms with Crippen molar-refractivity contribution >= 4 is 15.7 Å². The highest BCUT2D eigenvalue weighted by Crippen LogP contribution is 2.02. The zero-order chi connectivity index (χ0) is 11.9. The van der Waals surface area contributed by atoms with Gasteiger partial charge < -0.3 is 10.5 Å². The molecule has 0 heterocycles. The van der Waals surface area contributed by atoms with Gasteiger partial charge in [-0.1, -0.05) is 13.3 Å². The molecule has 0 aliphatic carbocycles. The summed E-state index contributed by atoms with van der Waals surface area (Å²) in [5, 5.41) is 0. The van der Waals surface area contributed by atoms with Gasteiger partial charge in [0.15, 0.2) is 0 Å². The Hall–Kier alpha value is -0.620. The van der Waals surface area contributed by atoms with Gasteiger partial charge in [-0.05, 0) is 12.8 Å². The first-order chi connectivity index (χ1) is 6.93.